The van der Waals surface area contributed by atoms with Crippen molar-refractivity contribution in [2.75, 3.05) is 0 Å². The van der Waals surface area contributed by atoms with Gasteiger partial charge in [-0.3, -0.25) is 4.99 Å². The lowest BCUT2D eigenvalue weighted by Gasteiger charge is -2.15. The van der Waals surface area contributed by atoms with E-state index < -0.39 is 11.7 Å². The van der Waals surface area contributed by atoms with Crippen molar-refractivity contribution < 1.29 is 8.78 Å². The molecule has 2 heterocycles. The largest absolute Gasteiger partial charge is 0.333 e. The topological polar surface area (TPSA) is 55.4 Å². The van der Waals surface area contributed by atoms with E-state index in [-0.39, 0.29) is 16.4 Å². The average Bonchev–Trinajstić information content (AvgIpc) is 2.98. The summed E-state index contributed by atoms with van der Waals surface area (Å²) in [4.78, 5) is 3.83. The van der Waals surface area contributed by atoms with Gasteiger partial charge in [-0.05, 0) is 37.9 Å². The molecule has 24 heavy (non-hydrogen) atoms. The van der Waals surface area contributed by atoms with Gasteiger partial charge in [0.25, 0.3) is 0 Å². The summed E-state index contributed by atoms with van der Waals surface area (Å²) in [6, 6.07) is 7.04. The van der Waals surface area contributed by atoms with Crippen LogP contribution in [0.3, 0.4) is 0 Å². The summed E-state index contributed by atoms with van der Waals surface area (Å²) in [7, 11) is 0. The molecule has 0 bridgehead atoms. The molecular formula is C16H12ClF2N5. The van der Waals surface area contributed by atoms with Gasteiger partial charge in [0.15, 0.2) is 5.65 Å². The van der Waals surface area contributed by atoms with Crippen LogP contribution in [0, 0.1) is 0 Å². The molecule has 0 fully saturated rings. The van der Waals surface area contributed by atoms with Gasteiger partial charge in [-0.2, -0.15) is 18.4 Å². The predicted molar refractivity (Wildman–Crippen MR) is 89.1 cm³/mol. The number of rotatable bonds is 4. The van der Waals surface area contributed by atoms with Gasteiger partial charge in [-0.25, -0.2) is 0 Å². The van der Waals surface area contributed by atoms with Crippen LogP contribution >= 0.6 is 11.6 Å². The molecule has 0 unspecified atom stereocenters. The van der Waals surface area contributed by atoms with Gasteiger partial charge in [-0.1, -0.05) is 29.8 Å². The van der Waals surface area contributed by atoms with Crippen molar-refractivity contribution >= 4 is 35.7 Å². The highest BCUT2D eigenvalue weighted by molar-refractivity contribution is 6.29. The molecule has 0 saturated heterocycles. The number of allylic oxidation sites excluding steroid dienone is 1. The Kier molecular flexibility index (Phi) is 4.11. The molecule has 0 spiro atoms. The van der Waals surface area contributed by atoms with E-state index in [0.717, 1.165) is 4.52 Å². The third kappa shape index (κ3) is 2.67. The Labute approximate surface area is 141 Å². The van der Waals surface area contributed by atoms with Crippen molar-refractivity contribution in [1.82, 2.24) is 19.8 Å². The minimum atomic E-state index is -3.41. The first kappa shape index (κ1) is 16.2. The third-order valence-corrected chi connectivity index (χ3v) is 3.62. The molecular weight excluding hydrogens is 336 g/mol. The van der Waals surface area contributed by atoms with E-state index in [0.29, 0.717) is 11.3 Å². The lowest BCUT2D eigenvalue weighted by molar-refractivity contribution is 0.0306. The Bertz CT molecular complexity index is 949. The third-order valence-electron chi connectivity index (χ3n) is 3.42. The second-order valence-electron chi connectivity index (χ2n) is 4.96. The number of aliphatic imine (C=N–C) groups is 1. The maximum atomic E-state index is 15.0. The SMILES string of the molecule is C=Nc1ccc(C(F)(F)c2nnc3ccc(Cl)nn23)cc1C=CC. The fourth-order valence-electron chi connectivity index (χ4n) is 2.30. The van der Waals surface area contributed by atoms with E-state index in [1.807, 2.05) is 0 Å². The van der Waals surface area contributed by atoms with Crippen LogP contribution in [-0.2, 0) is 5.92 Å². The van der Waals surface area contributed by atoms with Crippen LogP contribution in [-0.4, -0.2) is 26.5 Å². The van der Waals surface area contributed by atoms with Crippen molar-refractivity contribution in [1.29, 1.82) is 0 Å². The van der Waals surface area contributed by atoms with Crippen molar-refractivity contribution in [3.8, 4) is 0 Å². The van der Waals surface area contributed by atoms with Crippen molar-refractivity contribution in [3.05, 3.63) is 58.5 Å². The first-order valence-electron chi connectivity index (χ1n) is 6.97. The van der Waals surface area contributed by atoms with Crippen molar-refractivity contribution in [3.63, 3.8) is 0 Å². The lowest BCUT2D eigenvalue weighted by atomic mass is 10.0. The fraction of sp³-hybridized carbons (Fsp3) is 0.125. The summed E-state index contributed by atoms with van der Waals surface area (Å²) in [5.41, 5.74) is 0.982. The molecule has 0 atom stereocenters. The minimum Gasteiger partial charge on any atom is -0.264 e. The number of nitrogens with zero attached hydrogens (tertiary/aromatic N) is 5. The number of alkyl halides is 2. The van der Waals surface area contributed by atoms with Crippen molar-refractivity contribution in [2.45, 2.75) is 12.8 Å². The van der Waals surface area contributed by atoms with Gasteiger partial charge in [0.1, 0.15) is 5.15 Å². The van der Waals surface area contributed by atoms with Gasteiger partial charge in [0.05, 0.1) is 5.69 Å². The van der Waals surface area contributed by atoms with Crippen LogP contribution < -0.4 is 0 Å². The molecule has 0 amide bonds. The van der Waals surface area contributed by atoms with E-state index in [2.05, 4.69) is 27.0 Å². The molecule has 0 aliphatic heterocycles. The Morgan fingerprint density at radius 2 is 2.04 bits per heavy atom. The maximum Gasteiger partial charge on any atom is 0.333 e. The molecule has 0 radical (unpaired) electrons. The summed E-state index contributed by atoms with van der Waals surface area (Å²) < 4.78 is 30.9. The minimum absolute atomic E-state index is 0.0696. The highest BCUT2D eigenvalue weighted by Crippen LogP contribution is 2.37. The number of benzene rings is 1. The standard InChI is InChI=1S/C16H12ClF2N5/c1-3-4-10-9-11(5-6-12(10)20-2)16(18,19)15-22-21-14-8-7-13(17)23-24(14)15/h3-9H,2H2,1H3. The van der Waals surface area contributed by atoms with Crippen LogP contribution in [0.4, 0.5) is 14.5 Å². The van der Waals surface area contributed by atoms with E-state index >= 15 is 0 Å². The van der Waals surface area contributed by atoms with E-state index in [1.54, 1.807) is 19.1 Å². The second kappa shape index (κ2) is 6.09. The van der Waals surface area contributed by atoms with Crippen LogP contribution in [0.25, 0.3) is 11.7 Å². The molecule has 0 N–H and O–H groups in total. The van der Waals surface area contributed by atoms with Crippen LogP contribution in [0.15, 0.2) is 41.4 Å². The molecule has 0 aliphatic rings. The summed E-state index contributed by atoms with van der Waals surface area (Å²) >= 11 is 5.79. The van der Waals surface area contributed by atoms with Gasteiger partial charge in [0.2, 0.25) is 5.82 Å². The van der Waals surface area contributed by atoms with Gasteiger partial charge < -0.3 is 0 Å². The predicted octanol–water partition coefficient (Wildman–Crippen LogP) is 4.28. The molecule has 3 rings (SSSR count). The zero-order chi connectivity index (χ0) is 17.3. The molecule has 8 heteroatoms. The number of fused-ring (bicyclic) bond motifs is 1. The number of hydrogen-bond acceptors (Lipinski definition) is 4. The fourth-order valence-corrected chi connectivity index (χ4v) is 2.44. The summed E-state index contributed by atoms with van der Waals surface area (Å²) in [5.74, 6) is -4.02. The zero-order valence-electron chi connectivity index (χ0n) is 12.6. The first-order valence-corrected chi connectivity index (χ1v) is 7.35. The summed E-state index contributed by atoms with van der Waals surface area (Å²) in [6.45, 7) is 5.23. The molecule has 1 aromatic carbocycles. The van der Waals surface area contributed by atoms with Gasteiger partial charge in [0, 0.05) is 11.1 Å². The Morgan fingerprint density at radius 3 is 2.75 bits per heavy atom. The molecule has 3 aromatic rings. The average molecular weight is 348 g/mol. The Balaban J connectivity index is 2.17. The van der Waals surface area contributed by atoms with Gasteiger partial charge >= 0.3 is 5.92 Å². The normalized spacial score (nSPS) is 12.2. The number of aromatic nitrogens is 4. The summed E-state index contributed by atoms with van der Waals surface area (Å²) in [6.07, 6.45) is 3.42. The Morgan fingerprint density at radius 1 is 1.25 bits per heavy atom. The maximum absolute atomic E-state index is 15.0. The molecule has 2 aromatic heterocycles. The highest BCUT2D eigenvalue weighted by atomic mass is 35.5. The zero-order valence-corrected chi connectivity index (χ0v) is 13.4. The molecule has 122 valence electrons. The quantitative estimate of drug-likeness (QED) is 0.662. The van der Waals surface area contributed by atoms with E-state index in [9.17, 15) is 8.78 Å². The molecule has 0 aliphatic carbocycles. The Hall–Kier alpha value is -2.67. The number of hydrogen-bond donors (Lipinski definition) is 0. The molecule has 0 saturated carbocycles. The number of halogens is 3. The van der Waals surface area contributed by atoms with Crippen LogP contribution in [0.5, 0.6) is 0 Å². The highest BCUT2D eigenvalue weighted by Gasteiger charge is 2.40. The van der Waals surface area contributed by atoms with E-state index in [1.165, 1.54) is 30.3 Å². The molecule has 5 nitrogen and oxygen atoms in total. The summed E-state index contributed by atoms with van der Waals surface area (Å²) in [5, 5.41) is 11.2. The van der Waals surface area contributed by atoms with E-state index in [4.69, 9.17) is 11.6 Å². The smallest absolute Gasteiger partial charge is 0.264 e. The first-order chi connectivity index (χ1) is 11.5. The van der Waals surface area contributed by atoms with Crippen molar-refractivity contribution in [2.24, 2.45) is 4.99 Å². The van der Waals surface area contributed by atoms with Crippen LogP contribution in [0.1, 0.15) is 23.9 Å². The van der Waals surface area contributed by atoms with Gasteiger partial charge in [-0.15, -0.1) is 10.2 Å². The lowest BCUT2D eigenvalue weighted by Crippen LogP contribution is -2.20. The van der Waals surface area contributed by atoms with Crippen LogP contribution in [0.2, 0.25) is 5.15 Å². The monoisotopic (exact) mass is 347 g/mol. The second-order valence-corrected chi connectivity index (χ2v) is 5.34.